The van der Waals surface area contributed by atoms with Crippen LogP contribution in [0.3, 0.4) is 0 Å². The maximum absolute atomic E-state index is 12.5. The van der Waals surface area contributed by atoms with Gasteiger partial charge in [0.2, 0.25) is 0 Å². The van der Waals surface area contributed by atoms with E-state index in [0.29, 0.717) is 11.8 Å². The highest BCUT2D eigenvalue weighted by atomic mass is 32.2. The predicted molar refractivity (Wildman–Crippen MR) is 154 cm³/mol. The zero-order valence-electron chi connectivity index (χ0n) is 22.4. The molecule has 4 aromatic rings. The van der Waals surface area contributed by atoms with E-state index in [2.05, 4.69) is 84.8 Å². The van der Waals surface area contributed by atoms with Gasteiger partial charge in [-0.25, -0.2) is 5.43 Å². The number of carbonyl (C=O) groups excluding carboxylic acids is 1. The van der Waals surface area contributed by atoms with Crippen LogP contribution in [0.5, 0.6) is 5.75 Å². The minimum Gasteiger partial charge on any atom is -0.494 e. The van der Waals surface area contributed by atoms with Gasteiger partial charge < -0.3 is 4.74 Å². The molecule has 1 N–H and O–H groups in total. The van der Waals surface area contributed by atoms with Crippen LogP contribution in [0.1, 0.15) is 44.4 Å². The molecule has 0 saturated carbocycles. The number of amides is 1. The van der Waals surface area contributed by atoms with Crippen LogP contribution >= 0.6 is 11.8 Å². The zero-order valence-corrected chi connectivity index (χ0v) is 23.2. The number of hydrazone groups is 1. The van der Waals surface area contributed by atoms with Crippen LogP contribution in [-0.2, 0) is 10.2 Å². The third kappa shape index (κ3) is 6.89. The Morgan fingerprint density at radius 3 is 2.32 bits per heavy atom. The van der Waals surface area contributed by atoms with E-state index in [9.17, 15) is 4.79 Å². The number of rotatable bonds is 9. The molecule has 1 aromatic heterocycles. The molecule has 0 radical (unpaired) electrons. The molecule has 0 aliphatic rings. The number of hydrogen-bond acceptors (Lipinski definition) is 6. The Morgan fingerprint density at radius 1 is 1.00 bits per heavy atom. The van der Waals surface area contributed by atoms with Crippen LogP contribution in [0, 0.1) is 6.92 Å². The van der Waals surface area contributed by atoms with Gasteiger partial charge in [0.15, 0.2) is 11.0 Å². The lowest BCUT2D eigenvalue weighted by atomic mass is 9.87. The molecule has 0 saturated heterocycles. The molecule has 3 aromatic carbocycles. The van der Waals surface area contributed by atoms with Gasteiger partial charge >= 0.3 is 0 Å². The SMILES string of the molecule is CCOc1ccc(C=NNC(=O)CSc2nnc(-c3ccc(C(C)(C)C)cc3)n2-c2ccc(C)cc2)cc1. The lowest BCUT2D eigenvalue weighted by Crippen LogP contribution is -2.20. The second-order valence-electron chi connectivity index (χ2n) is 9.89. The number of nitrogens with zero attached hydrogens (tertiary/aromatic N) is 4. The fraction of sp³-hybridized carbons (Fsp3) is 0.267. The van der Waals surface area contributed by atoms with Gasteiger partial charge in [0, 0.05) is 11.3 Å². The molecule has 38 heavy (non-hydrogen) atoms. The van der Waals surface area contributed by atoms with Crippen molar-refractivity contribution in [3.8, 4) is 22.8 Å². The number of aromatic nitrogens is 3. The van der Waals surface area contributed by atoms with Crippen LogP contribution in [0.25, 0.3) is 17.1 Å². The highest BCUT2D eigenvalue weighted by molar-refractivity contribution is 7.99. The van der Waals surface area contributed by atoms with Crippen molar-refractivity contribution < 1.29 is 9.53 Å². The number of hydrogen-bond donors (Lipinski definition) is 1. The molecule has 0 aliphatic carbocycles. The smallest absolute Gasteiger partial charge is 0.250 e. The third-order valence-corrected chi connectivity index (χ3v) is 6.79. The van der Waals surface area contributed by atoms with Crippen molar-refractivity contribution in [2.45, 2.75) is 45.2 Å². The van der Waals surface area contributed by atoms with E-state index < -0.39 is 0 Å². The zero-order chi connectivity index (χ0) is 27.1. The molecule has 0 spiro atoms. The number of ether oxygens (including phenoxy) is 1. The molecule has 7 nitrogen and oxygen atoms in total. The van der Waals surface area contributed by atoms with Crippen LogP contribution in [0.4, 0.5) is 0 Å². The first-order valence-electron chi connectivity index (χ1n) is 12.6. The summed E-state index contributed by atoms with van der Waals surface area (Å²) in [5.74, 6) is 1.44. The van der Waals surface area contributed by atoms with Gasteiger partial charge in [-0.1, -0.05) is 74.5 Å². The minimum absolute atomic E-state index is 0.0624. The molecule has 0 atom stereocenters. The number of carbonyl (C=O) groups is 1. The Hall–Kier alpha value is -3.91. The van der Waals surface area contributed by atoms with Gasteiger partial charge in [-0.3, -0.25) is 9.36 Å². The average molecular weight is 528 g/mol. The molecule has 1 amide bonds. The second-order valence-corrected chi connectivity index (χ2v) is 10.8. The lowest BCUT2D eigenvalue weighted by Gasteiger charge is -2.19. The van der Waals surface area contributed by atoms with Crippen molar-refractivity contribution in [1.82, 2.24) is 20.2 Å². The maximum Gasteiger partial charge on any atom is 0.250 e. The van der Waals surface area contributed by atoms with Gasteiger partial charge in [-0.15, -0.1) is 10.2 Å². The molecule has 196 valence electrons. The summed E-state index contributed by atoms with van der Waals surface area (Å²) < 4.78 is 7.44. The van der Waals surface area contributed by atoms with E-state index in [4.69, 9.17) is 4.74 Å². The number of benzene rings is 3. The van der Waals surface area contributed by atoms with Gasteiger partial charge in [0.05, 0.1) is 18.6 Å². The van der Waals surface area contributed by atoms with E-state index in [1.807, 2.05) is 47.9 Å². The average Bonchev–Trinajstić information content (AvgIpc) is 3.33. The Balaban J connectivity index is 1.49. The fourth-order valence-electron chi connectivity index (χ4n) is 3.75. The highest BCUT2D eigenvalue weighted by Gasteiger charge is 2.19. The molecule has 0 unspecified atom stereocenters. The summed E-state index contributed by atoms with van der Waals surface area (Å²) in [4.78, 5) is 12.5. The summed E-state index contributed by atoms with van der Waals surface area (Å²) in [6.07, 6.45) is 1.60. The molecular weight excluding hydrogens is 494 g/mol. The summed E-state index contributed by atoms with van der Waals surface area (Å²) >= 11 is 1.32. The number of aryl methyl sites for hydroxylation is 1. The molecular formula is C30H33N5O2S. The largest absolute Gasteiger partial charge is 0.494 e. The summed E-state index contributed by atoms with van der Waals surface area (Å²) in [5.41, 5.74) is 7.82. The fourth-order valence-corrected chi connectivity index (χ4v) is 4.50. The van der Waals surface area contributed by atoms with E-state index in [0.717, 1.165) is 34.0 Å². The topological polar surface area (TPSA) is 81.4 Å². The van der Waals surface area contributed by atoms with Crippen molar-refractivity contribution in [2.75, 3.05) is 12.4 Å². The van der Waals surface area contributed by atoms with Gasteiger partial charge in [-0.05, 0) is 66.8 Å². The van der Waals surface area contributed by atoms with E-state index in [1.165, 1.54) is 17.3 Å². The van der Waals surface area contributed by atoms with E-state index in [-0.39, 0.29) is 17.1 Å². The summed E-state index contributed by atoms with van der Waals surface area (Å²) in [6, 6.07) is 24.1. The van der Waals surface area contributed by atoms with Crippen molar-refractivity contribution >= 4 is 23.9 Å². The van der Waals surface area contributed by atoms with Crippen LogP contribution in [-0.4, -0.2) is 39.2 Å². The van der Waals surface area contributed by atoms with Gasteiger partial charge in [0.1, 0.15) is 5.75 Å². The highest BCUT2D eigenvalue weighted by Crippen LogP contribution is 2.30. The third-order valence-electron chi connectivity index (χ3n) is 5.86. The first-order valence-corrected chi connectivity index (χ1v) is 13.5. The Morgan fingerprint density at radius 2 is 1.68 bits per heavy atom. The van der Waals surface area contributed by atoms with Gasteiger partial charge in [0.25, 0.3) is 5.91 Å². The van der Waals surface area contributed by atoms with Crippen LogP contribution in [0.2, 0.25) is 0 Å². The van der Waals surface area contributed by atoms with Crippen LogP contribution < -0.4 is 10.2 Å². The molecule has 4 rings (SSSR count). The van der Waals surface area contributed by atoms with Crippen molar-refractivity contribution in [2.24, 2.45) is 5.10 Å². The van der Waals surface area contributed by atoms with E-state index >= 15 is 0 Å². The second kappa shape index (κ2) is 12.1. The van der Waals surface area contributed by atoms with Crippen molar-refractivity contribution in [3.63, 3.8) is 0 Å². The predicted octanol–water partition coefficient (Wildman–Crippen LogP) is 6.18. The molecule has 0 fully saturated rings. The lowest BCUT2D eigenvalue weighted by molar-refractivity contribution is -0.118. The molecule has 8 heteroatoms. The summed E-state index contributed by atoms with van der Waals surface area (Å²) in [7, 11) is 0. The molecule has 1 heterocycles. The summed E-state index contributed by atoms with van der Waals surface area (Å²) in [6.45, 7) is 11.2. The normalized spacial score (nSPS) is 11.6. The maximum atomic E-state index is 12.5. The monoisotopic (exact) mass is 527 g/mol. The number of thioether (sulfide) groups is 1. The molecule has 0 aliphatic heterocycles. The summed E-state index contributed by atoms with van der Waals surface area (Å²) in [5, 5.41) is 13.6. The van der Waals surface area contributed by atoms with Gasteiger partial charge in [-0.2, -0.15) is 5.10 Å². The Kier molecular flexibility index (Phi) is 8.63. The van der Waals surface area contributed by atoms with Crippen molar-refractivity contribution in [1.29, 1.82) is 0 Å². The number of nitrogens with one attached hydrogen (secondary N) is 1. The Labute approximate surface area is 228 Å². The first kappa shape index (κ1) is 27.1. The van der Waals surface area contributed by atoms with Crippen molar-refractivity contribution in [3.05, 3.63) is 89.5 Å². The Bertz CT molecular complexity index is 1390. The molecule has 0 bridgehead atoms. The first-order chi connectivity index (χ1) is 18.2. The van der Waals surface area contributed by atoms with E-state index in [1.54, 1.807) is 6.21 Å². The quantitative estimate of drug-likeness (QED) is 0.160. The minimum atomic E-state index is -0.230. The standard InChI is InChI=1S/C30H33N5O2S/c1-6-37-26-17-9-22(10-18-26)19-31-32-27(36)20-38-29-34-33-28(35(29)25-15-7-21(2)8-16-25)23-11-13-24(14-12-23)30(3,4)5/h7-19H,6,20H2,1-5H3,(H,32,36). The van der Waals surface area contributed by atoms with Crippen LogP contribution in [0.15, 0.2) is 83.1 Å².